The molecule has 1 aromatic heterocycles. The molecule has 0 bridgehead atoms. The molecule has 1 N–H and O–H groups in total. The lowest BCUT2D eigenvalue weighted by molar-refractivity contribution is -0.117. The number of hydrogen-bond donors (Lipinski definition) is 1. The van der Waals surface area contributed by atoms with Crippen LogP contribution in [-0.4, -0.2) is 28.4 Å². The Labute approximate surface area is 125 Å². The van der Waals surface area contributed by atoms with E-state index in [0.29, 0.717) is 12.6 Å². The van der Waals surface area contributed by atoms with Gasteiger partial charge in [-0.1, -0.05) is 6.07 Å². The number of amides is 1. The number of carbonyl (C=O) groups is 1. The van der Waals surface area contributed by atoms with Gasteiger partial charge in [0, 0.05) is 37.7 Å². The van der Waals surface area contributed by atoms with Crippen molar-refractivity contribution in [1.82, 2.24) is 15.2 Å². The topological polar surface area (TPSA) is 69.0 Å². The predicted octanol–water partition coefficient (Wildman–Crippen LogP) is 1.98. The third kappa shape index (κ3) is 4.32. The first-order chi connectivity index (χ1) is 10.2. The fraction of sp³-hybridized carbons (Fsp3) is 0.438. The first-order valence-electron chi connectivity index (χ1n) is 7.25. The molecule has 110 valence electrons. The van der Waals surface area contributed by atoms with Gasteiger partial charge in [-0.15, -0.1) is 0 Å². The predicted molar refractivity (Wildman–Crippen MR) is 79.8 cm³/mol. The molecule has 1 amide bonds. The Morgan fingerprint density at radius 2 is 2.48 bits per heavy atom. The summed E-state index contributed by atoms with van der Waals surface area (Å²) in [7, 11) is 0. The quantitative estimate of drug-likeness (QED) is 0.678. The molecule has 1 aliphatic rings. The average Bonchev–Trinajstić information content (AvgIpc) is 2.53. The first kappa shape index (κ1) is 15.0. The van der Waals surface area contributed by atoms with Crippen LogP contribution in [0.15, 0.2) is 36.3 Å². The lowest BCUT2D eigenvalue weighted by Gasteiger charge is -2.32. The SMILES string of the molecule is CC1CCCCN1/C=C(/C#N)C(=O)NCc1cccnc1. The Balaban J connectivity index is 1.96. The van der Waals surface area contributed by atoms with Crippen LogP contribution >= 0.6 is 0 Å². The molecule has 1 atom stereocenters. The molecule has 2 rings (SSSR count). The Kier molecular flexibility index (Phi) is 5.33. The molecule has 0 saturated carbocycles. The third-order valence-corrected chi connectivity index (χ3v) is 3.69. The number of hydrogen-bond acceptors (Lipinski definition) is 4. The van der Waals surface area contributed by atoms with E-state index in [2.05, 4.69) is 22.1 Å². The molecule has 1 saturated heterocycles. The van der Waals surface area contributed by atoms with Crippen LogP contribution in [0.1, 0.15) is 31.7 Å². The molecule has 0 aromatic carbocycles. The van der Waals surface area contributed by atoms with Crippen molar-refractivity contribution in [2.45, 2.75) is 38.8 Å². The summed E-state index contributed by atoms with van der Waals surface area (Å²) >= 11 is 0. The summed E-state index contributed by atoms with van der Waals surface area (Å²) in [5.74, 6) is -0.334. The minimum atomic E-state index is -0.334. The van der Waals surface area contributed by atoms with E-state index in [0.717, 1.165) is 24.9 Å². The molecule has 21 heavy (non-hydrogen) atoms. The van der Waals surface area contributed by atoms with Crippen molar-refractivity contribution >= 4 is 5.91 Å². The number of pyridine rings is 1. The zero-order valence-corrected chi connectivity index (χ0v) is 12.2. The molecule has 1 aliphatic heterocycles. The van der Waals surface area contributed by atoms with Gasteiger partial charge in [-0.2, -0.15) is 5.26 Å². The first-order valence-corrected chi connectivity index (χ1v) is 7.25. The molecule has 0 radical (unpaired) electrons. The van der Waals surface area contributed by atoms with Gasteiger partial charge in [0.25, 0.3) is 5.91 Å². The number of nitrogens with zero attached hydrogens (tertiary/aromatic N) is 3. The summed E-state index contributed by atoms with van der Waals surface area (Å²) in [6.07, 6.45) is 8.50. The smallest absolute Gasteiger partial charge is 0.263 e. The van der Waals surface area contributed by atoms with E-state index in [1.165, 1.54) is 6.42 Å². The Bertz CT molecular complexity index is 547. The van der Waals surface area contributed by atoms with Crippen LogP contribution in [0.4, 0.5) is 0 Å². The molecular weight excluding hydrogens is 264 g/mol. The molecule has 2 heterocycles. The van der Waals surface area contributed by atoms with Crippen LogP contribution in [0.2, 0.25) is 0 Å². The molecular formula is C16H20N4O. The van der Waals surface area contributed by atoms with Gasteiger partial charge in [0.15, 0.2) is 0 Å². The summed E-state index contributed by atoms with van der Waals surface area (Å²) in [5.41, 5.74) is 1.07. The highest BCUT2D eigenvalue weighted by Crippen LogP contribution is 2.17. The number of aromatic nitrogens is 1. The zero-order valence-electron chi connectivity index (χ0n) is 12.2. The molecule has 0 aliphatic carbocycles. The highest BCUT2D eigenvalue weighted by atomic mass is 16.1. The molecule has 5 heteroatoms. The van der Waals surface area contributed by atoms with Crippen molar-refractivity contribution in [3.05, 3.63) is 41.9 Å². The Morgan fingerprint density at radius 1 is 1.62 bits per heavy atom. The summed E-state index contributed by atoms with van der Waals surface area (Å²) in [6.45, 7) is 3.40. The van der Waals surface area contributed by atoms with Crippen molar-refractivity contribution in [2.75, 3.05) is 6.54 Å². The van der Waals surface area contributed by atoms with Gasteiger partial charge >= 0.3 is 0 Å². The maximum atomic E-state index is 12.1. The van der Waals surface area contributed by atoms with Crippen molar-refractivity contribution in [3.8, 4) is 6.07 Å². The summed E-state index contributed by atoms with van der Waals surface area (Å²) in [5, 5.41) is 12.0. The monoisotopic (exact) mass is 284 g/mol. The van der Waals surface area contributed by atoms with Crippen LogP contribution in [-0.2, 0) is 11.3 Å². The average molecular weight is 284 g/mol. The highest BCUT2D eigenvalue weighted by Gasteiger charge is 2.18. The summed E-state index contributed by atoms with van der Waals surface area (Å²) < 4.78 is 0. The fourth-order valence-corrected chi connectivity index (χ4v) is 2.40. The van der Waals surface area contributed by atoms with Gasteiger partial charge < -0.3 is 10.2 Å². The summed E-state index contributed by atoms with van der Waals surface area (Å²) in [4.78, 5) is 18.2. The number of rotatable bonds is 4. The third-order valence-electron chi connectivity index (χ3n) is 3.69. The zero-order chi connectivity index (χ0) is 15.1. The van der Waals surface area contributed by atoms with E-state index < -0.39 is 0 Å². The normalized spacial score (nSPS) is 19.0. The van der Waals surface area contributed by atoms with Crippen LogP contribution in [0.5, 0.6) is 0 Å². The van der Waals surface area contributed by atoms with Gasteiger partial charge in [0.05, 0.1) is 0 Å². The lowest BCUT2D eigenvalue weighted by atomic mass is 10.0. The van der Waals surface area contributed by atoms with E-state index in [4.69, 9.17) is 0 Å². The fourth-order valence-electron chi connectivity index (χ4n) is 2.40. The van der Waals surface area contributed by atoms with Gasteiger partial charge in [0.1, 0.15) is 11.6 Å². The van der Waals surface area contributed by atoms with Gasteiger partial charge in [0.2, 0.25) is 0 Å². The van der Waals surface area contributed by atoms with E-state index in [1.807, 2.05) is 18.2 Å². The minimum Gasteiger partial charge on any atom is -0.373 e. The van der Waals surface area contributed by atoms with Crippen molar-refractivity contribution in [3.63, 3.8) is 0 Å². The lowest BCUT2D eigenvalue weighted by Crippen LogP contribution is -2.34. The standard InChI is InChI=1S/C16H20N4O/c1-13-5-2-3-8-20(13)12-15(9-17)16(21)19-11-14-6-4-7-18-10-14/h4,6-7,10,12-13H,2-3,5,8,11H2,1H3,(H,19,21)/b15-12-. The van der Waals surface area contributed by atoms with Crippen molar-refractivity contribution in [2.24, 2.45) is 0 Å². The van der Waals surface area contributed by atoms with Crippen LogP contribution < -0.4 is 5.32 Å². The Morgan fingerprint density at radius 3 is 3.14 bits per heavy atom. The van der Waals surface area contributed by atoms with E-state index in [1.54, 1.807) is 18.6 Å². The van der Waals surface area contributed by atoms with Gasteiger partial charge in [-0.05, 0) is 37.8 Å². The van der Waals surface area contributed by atoms with E-state index in [9.17, 15) is 10.1 Å². The second kappa shape index (κ2) is 7.44. The second-order valence-electron chi connectivity index (χ2n) is 5.28. The molecule has 1 fully saturated rings. The maximum absolute atomic E-state index is 12.1. The number of piperidine rings is 1. The molecule has 5 nitrogen and oxygen atoms in total. The van der Waals surface area contributed by atoms with Crippen molar-refractivity contribution in [1.29, 1.82) is 5.26 Å². The Hall–Kier alpha value is -2.35. The van der Waals surface area contributed by atoms with Crippen LogP contribution in [0, 0.1) is 11.3 Å². The van der Waals surface area contributed by atoms with E-state index in [-0.39, 0.29) is 11.5 Å². The number of carbonyl (C=O) groups excluding carboxylic acids is 1. The maximum Gasteiger partial charge on any atom is 0.263 e. The van der Waals surface area contributed by atoms with Crippen molar-refractivity contribution < 1.29 is 4.79 Å². The number of likely N-dealkylation sites (tertiary alicyclic amines) is 1. The van der Waals surface area contributed by atoms with Crippen LogP contribution in [0.3, 0.4) is 0 Å². The summed E-state index contributed by atoms with van der Waals surface area (Å²) in [6, 6.07) is 6.08. The largest absolute Gasteiger partial charge is 0.373 e. The number of nitrogens with one attached hydrogen (secondary N) is 1. The minimum absolute atomic E-state index is 0.160. The second-order valence-corrected chi connectivity index (χ2v) is 5.28. The molecule has 1 aromatic rings. The highest BCUT2D eigenvalue weighted by molar-refractivity contribution is 5.97. The number of nitriles is 1. The molecule has 0 spiro atoms. The van der Waals surface area contributed by atoms with E-state index >= 15 is 0 Å². The van der Waals surface area contributed by atoms with Gasteiger partial charge in [-0.3, -0.25) is 9.78 Å². The molecule has 1 unspecified atom stereocenters. The van der Waals surface area contributed by atoms with Gasteiger partial charge in [-0.25, -0.2) is 0 Å². The van der Waals surface area contributed by atoms with Crippen LogP contribution in [0.25, 0.3) is 0 Å².